The Bertz CT molecular complexity index is 350. The Kier molecular flexibility index (Phi) is 4.10. The molecule has 15 heavy (non-hydrogen) atoms. The molecule has 0 amide bonds. The van der Waals surface area contributed by atoms with Crippen molar-refractivity contribution in [1.82, 2.24) is 0 Å². The van der Waals surface area contributed by atoms with E-state index in [9.17, 15) is 4.79 Å². The van der Waals surface area contributed by atoms with Crippen LogP contribution in [0.4, 0.5) is 0 Å². The zero-order chi connectivity index (χ0) is 11.3. The van der Waals surface area contributed by atoms with Crippen LogP contribution in [0.5, 0.6) is 0 Å². The number of hydrogen-bond donors (Lipinski definition) is 0. The van der Waals surface area contributed by atoms with E-state index in [1.165, 1.54) is 7.11 Å². The smallest absolute Gasteiger partial charge is 0.199 e. The molecule has 0 bridgehead atoms. The van der Waals surface area contributed by atoms with Gasteiger partial charge in [0.2, 0.25) is 0 Å². The highest BCUT2D eigenvalue weighted by atomic mass is 16.5. The SMILES string of the molecule is COC(=Cc1ccccc1)C(=O)C(C)C. The minimum Gasteiger partial charge on any atom is -0.493 e. The van der Waals surface area contributed by atoms with Crippen LogP contribution in [0, 0.1) is 5.92 Å². The monoisotopic (exact) mass is 204 g/mol. The van der Waals surface area contributed by atoms with E-state index in [0.29, 0.717) is 5.76 Å². The number of benzene rings is 1. The third-order valence-corrected chi connectivity index (χ3v) is 2.08. The van der Waals surface area contributed by atoms with Crippen LogP contribution in [0.15, 0.2) is 36.1 Å². The molecule has 0 heterocycles. The van der Waals surface area contributed by atoms with Gasteiger partial charge in [0.05, 0.1) is 7.11 Å². The predicted octanol–water partition coefficient (Wildman–Crippen LogP) is 2.90. The highest BCUT2D eigenvalue weighted by molar-refractivity contribution is 5.98. The third-order valence-electron chi connectivity index (χ3n) is 2.08. The average molecular weight is 204 g/mol. The standard InChI is InChI=1S/C13H16O2/c1-10(2)13(14)12(15-3)9-11-7-5-4-6-8-11/h4-10H,1-3H3. The molecule has 1 rings (SSSR count). The Labute approximate surface area is 90.6 Å². The molecule has 0 radical (unpaired) electrons. The van der Waals surface area contributed by atoms with E-state index in [2.05, 4.69) is 0 Å². The maximum Gasteiger partial charge on any atom is 0.199 e. The van der Waals surface area contributed by atoms with E-state index in [1.807, 2.05) is 44.2 Å². The Morgan fingerprint density at radius 2 is 1.87 bits per heavy atom. The number of methoxy groups -OCH3 is 1. The molecular weight excluding hydrogens is 188 g/mol. The lowest BCUT2D eigenvalue weighted by Gasteiger charge is -2.07. The second kappa shape index (κ2) is 5.35. The molecule has 0 N–H and O–H groups in total. The van der Waals surface area contributed by atoms with E-state index in [4.69, 9.17) is 4.74 Å². The molecule has 0 fully saturated rings. The fourth-order valence-corrected chi connectivity index (χ4v) is 1.22. The van der Waals surface area contributed by atoms with Gasteiger partial charge < -0.3 is 4.74 Å². The van der Waals surface area contributed by atoms with E-state index in [-0.39, 0.29) is 11.7 Å². The van der Waals surface area contributed by atoms with Gasteiger partial charge in [-0.25, -0.2) is 0 Å². The highest BCUT2D eigenvalue weighted by Gasteiger charge is 2.13. The number of ketones is 1. The van der Waals surface area contributed by atoms with Crippen molar-refractivity contribution in [2.45, 2.75) is 13.8 Å². The van der Waals surface area contributed by atoms with Gasteiger partial charge in [0.15, 0.2) is 11.5 Å². The van der Waals surface area contributed by atoms with Crippen molar-refractivity contribution in [2.75, 3.05) is 7.11 Å². The van der Waals surface area contributed by atoms with Crippen molar-refractivity contribution in [2.24, 2.45) is 5.92 Å². The molecule has 1 aromatic rings. The van der Waals surface area contributed by atoms with Crippen LogP contribution < -0.4 is 0 Å². The molecule has 2 nitrogen and oxygen atoms in total. The Hall–Kier alpha value is -1.57. The summed E-state index contributed by atoms with van der Waals surface area (Å²) in [7, 11) is 1.52. The highest BCUT2D eigenvalue weighted by Crippen LogP contribution is 2.12. The summed E-state index contributed by atoms with van der Waals surface area (Å²) in [4.78, 5) is 11.7. The molecule has 0 unspecified atom stereocenters. The lowest BCUT2D eigenvalue weighted by molar-refractivity contribution is -0.121. The summed E-state index contributed by atoms with van der Waals surface area (Å²) in [5, 5.41) is 0. The topological polar surface area (TPSA) is 26.3 Å². The minimum atomic E-state index is -0.0417. The molecule has 2 heteroatoms. The van der Waals surface area contributed by atoms with Crippen LogP contribution in [0.1, 0.15) is 19.4 Å². The minimum absolute atomic E-state index is 0.0290. The molecule has 0 aromatic heterocycles. The number of carbonyl (C=O) groups is 1. The molecule has 0 aliphatic carbocycles. The van der Waals surface area contributed by atoms with E-state index >= 15 is 0 Å². The van der Waals surface area contributed by atoms with Crippen LogP contribution >= 0.6 is 0 Å². The van der Waals surface area contributed by atoms with Crippen LogP contribution in [-0.4, -0.2) is 12.9 Å². The molecule has 0 atom stereocenters. The van der Waals surface area contributed by atoms with Gasteiger partial charge >= 0.3 is 0 Å². The van der Waals surface area contributed by atoms with Crippen molar-refractivity contribution in [3.05, 3.63) is 41.7 Å². The first kappa shape index (κ1) is 11.5. The van der Waals surface area contributed by atoms with Crippen molar-refractivity contribution in [3.63, 3.8) is 0 Å². The second-order valence-electron chi connectivity index (χ2n) is 3.64. The zero-order valence-corrected chi connectivity index (χ0v) is 9.36. The van der Waals surface area contributed by atoms with Gasteiger partial charge in [-0.15, -0.1) is 0 Å². The average Bonchev–Trinajstić information content (AvgIpc) is 2.26. The summed E-state index contributed by atoms with van der Waals surface area (Å²) in [5.74, 6) is 0.400. The number of rotatable bonds is 4. The summed E-state index contributed by atoms with van der Waals surface area (Å²) in [6.07, 6.45) is 1.77. The first-order valence-electron chi connectivity index (χ1n) is 5.00. The van der Waals surface area contributed by atoms with Crippen LogP contribution in [0.3, 0.4) is 0 Å². The number of Topliss-reactive ketones (excluding diaryl/α,β-unsaturated/α-hetero) is 1. The summed E-state index contributed by atoms with van der Waals surface area (Å²) >= 11 is 0. The molecular formula is C13H16O2. The van der Waals surface area contributed by atoms with Gasteiger partial charge in [-0.1, -0.05) is 44.2 Å². The first-order chi connectivity index (χ1) is 7.15. The summed E-state index contributed by atoms with van der Waals surface area (Å²) in [6, 6.07) is 9.67. The van der Waals surface area contributed by atoms with Gasteiger partial charge in [-0.05, 0) is 11.6 Å². The molecule has 0 spiro atoms. The predicted molar refractivity (Wildman–Crippen MR) is 61.3 cm³/mol. The van der Waals surface area contributed by atoms with Crippen molar-refractivity contribution < 1.29 is 9.53 Å². The third kappa shape index (κ3) is 3.24. The Morgan fingerprint density at radius 1 is 1.27 bits per heavy atom. The Morgan fingerprint density at radius 3 is 2.33 bits per heavy atom. The van der Waals surface area contributed by atoms with E-state index < -0.39 is 0 Å². The zero-order valence-electron chi connectivity index (χ0n) is 9.36. The number of carbonyl (C=O) groups excluding carboxylic acids is 1. The fourth-order valence-electron chi connectivity index (χ4n) is 1.22. The van der Waals surface area contributed by atoms with Crippen molar-refractivity contribution in [3.8, 4) is 0 Å². The molecule has 80 valence electrons. The summed E-state index contributed by atoms with van der Waals surface area (Å²) < 4.78 is 5.09. The van der Waals surface area contributed by atoms with Crippen LogP contribution in [-0.2, 0) is 9.53 Å². The molecule has 0 saturated heterocycles. The van der Waals surface area contributed by atoms with Crippen molar-refractivity contribution in [1.29, 1.82) is 0 Å². The maximum absolute atomic E-state index is 11.7. The lowest BCUT2D eigenvalue weighted by atomic mass is 10.1. The van der Waals surface area contributed by atoms with Gasteiger partial charge in [0.1, 0.15) is 0 Å². The quantitative estimate of drug-likeness (QED) is 0.557. The molecule has 0 aliphatic heterocycles. The van der Waals surface area contributed by atoms with Crippen LogP contribution in [0.2, 0.25) is 0 Å². The normalized spacial score (nSPS) is 11.6. The first-order valence-corrected chi connectivity index (χ1v) is 5.00. The molecule has 1 aromatic carbocycles. The summed E-state index contributed by atoms with van der Waals surface area (Å²) in [6.45, 7) is 3.72. The van der Waals surface area contributed by atoms with Gasteiger partial charge in [0, 0.05) is 5.92 Å². The number of ether oxygens (including phenoxy) is 1. The number of hydrogen-bond acceptors (Lipinski definition) is 2. The second-order valence-corrected chi connectivity index (χ2v) is 3.64. The van der Waals surface area contributed by atoms with Crippen LogP contribution in [0.25, 0.3) is 6.08 Å². The Balaban J connectivity index is 2.93. The largest absolute Gasteiger partial charge is 0.493 e. The lowest BCUT2D eigenvalue weighted by Crippen LogP contribution is -2.11. The van der Waals surface area contributed by atoms with Gasteiger partial charge in [0.25, 0.3) is 0 Å². The maximum atomic E-state index is 11.7. The van der Waals surface area contributed by atoms with E-state index in [0.717, 1.165) is 5.56 Å². The fraction of sp³-hybridized carbons (Fsp3) is 0.308. The molecule has 0 aliphatic rings. The van der Waals surface area contributed by atoms with Gasteiger partial charge in [-0.3, -0.25) is 4.79 Å². The summed E-state index contributed by atoms with van der Waals surface area (Å²) in [5.41, 5.74) is 0.975. The number of allylic oxidation sites excluding steroid dienone is 1. The molecule has 0 saturated carbocycles. The van der Waals surface area contributed by atoms with Gasteiger partial charge in [-0.2, -0.15) is 0 Å². The van der Waals surface area contributed by atoms with Crippen molar-refractivity contribution >= 4 is 11.9 Å². The van der Waals surface area contributed by atoms with E-state index in [1.54, 1.807) is 6.08 Å².